The minimum atomic E-state index is -1.99. The van der Waals surface area contributed by atoms with Crippen molar-refractivity contribution in [2.45, 2.75) is 30.7 Å². The summed E-state index contributed by atoms with van der Waals surface area (Å²) in [7, 11) is 0. The van der Waals surface area contributed by atoms with Gasteiger partial charge in [0.2, 0.25) is 17.3 Å². The first kappa shape index (κ1) is 13.0. The molecule has 0 bridgehead atoms. The summed E-state index contributed by atoms with van der Waals surface area (Å²) in [6, 6.07) is 0. The third-order valence-corrected chi connectivity index (χ3v) is 1.65. The summed E-state index contributed by atoms with van der Waals surface area (Å²) < 4.78 is 0. The number of aliphatic imine (C=N–C) groups is 2. The van der Waals surface area contributed by atoms with Crippen LogP contribution in [0.15, 0.2) is 9.98 Å². The largest absolute Gasteiger partial charge is 0.371 e. The van der Waals surface area contributed by atoms with Gasteiger partial charge in [0.05, 0.1) is 0 Å². The summed E-state index contributed by atoms with van der Waals surface area (Å²) in [6.07, 6.45) is 1.46. The fourth-order valence-corrected chi connectivity index (χ4v) is 0.929. The molecule has 78 valence electrons. The quantitative estimate of drug-likeness (QED) is 0.286. The first-order valence-electron chi connectivity index (χ1n) is 3.77. The molecule has 0 aliphatic carbocycles. The molecular formula is C7H9ClN2O4. The molecule has 2 N–H and O–H groups in total. The van der Waals surface area contributed by atoms with Crippen molar-refractivity contribution in [3.05, 3.63) is 0 Å². The van der Waals surface area contributed by atoms with Gasteiger partial charge in [-0.15, -0.1) is 0 Å². The number of halogens is 1. The van der Waals surface area contributed by atoms with Gasteiger partial charge in [0.25, 0.3) is 0 Å². The fourth-order valence-electron chi connectivity index (χ4n) is 0.761. The highest BCUT2D eigenvalue weighted by molar-refractivity contribution is 6.22. The van der Waals surface area contributed by atoms with E-state index in [0.717, 1.165) is 6.08 Å². The number of carbonyl (C=O) groups excluding carboxylic acids is 2. The number of hydrogen-bond acceptors (Lipinski definition) is 6. The Bertz CT molecular complexity index is 269. The highest BCUT2D eigenvalue weighted by atomic mass is 35.5. The minimum Gasteiger partial charge on any atom is -0.371 e. The second-order valence-corrected chi connectivity index (χ2v) is 3.12. The lowest BCUT2D eigenvalue weighted by molar-refractivity contribution is 0.113. The van der Waals surface area contributed by atoms with E-state index in [9.17, 15) is 9.59 Å². The van der Waals surface area contributed by atoms with E-state index in [2.05, 4.69) is 9.98 Å². The molecule has 14 heavy (non-hydrogen) atoms. The Morgan fingerprint density at radius 1 is 1.43 bits per heavy atom. The lowest BCUT2D eigenvalue weighted by Gasteiger charge is -2.12. The average Bonchev–Trinajstić information content (AvgIpc) is 2.03. The van der Waals surface area contributed by atoms with Gasteiger partial charge in [-0.3, -0.25) is 0 Å². The van der Waals surface area contributed by atoms with Gasteiger partial charge in [0, 0.05) is 6.42 Å². The molecule has 0 saturated heterocycles. The summed E-state index contributed by atoms with van der Waals surface area (Å²) in [5.41, 5.74) is 0. The van der Waals surface area contributed by atoms with Gasteiger partial charge < -0.3 is 10.2 Å². The normalized spacial score (nSPS) is 15.9. The molecule has 0 fully saturated rings. The Balaban J connectivity index is 3.84. The van der Waals surface area contributed by atoms with Gasteiger partial charge in [-0.05, 0) is 12.8 Å². The van der Waals surface area contributed by atoms with Crippen LogP contribution in [0.3, 0.4) is 0 Å². The van der Waals surface area contributed by atoms with E-state index in [4.69, 9.17) is 21.8 Å². The van der Waals surface area contributed by atoms with Crippen LogP contribution in [0.1, 0.15) is 19.3 Å². The Kier molecular flexibility index (Phi) is 5.95. The summed E-state index contributed by atoms with van der Waals surface area (Å²) >= 11 is 5.33. The molecule has 0 aliphatic heterocycles. The molecule has 0 aliphatic rings. The first-order chi connectivity index (χ1) is 6.52. The molecule has 0 rings (SSSR count). The third kappa shape index (κ3) is 6.48. The molecule has 0 saturated carbocycles. The van der Waals surface area contributed by atoms with E-state index in [0.29, 0.717) is 0 Å². The van der Waals surface area contributed by atoms with Gasteiger partial charge >= 0.3 is 0 Å². The molecule has 6 nitrogen and oxygen atoms in total. The first-order valence-corrected chi connectivity index (χ1v) is 4.15. The summed E-state index contributed by atoms with van der Waals surface area (Å²) in [5, 5.41) is 16.0. The smallest absolute Gasteiger partial charge is 0.245 e. The van der Waals surface area contributed by atoms with Crippen LogP contribution in [-0.4, -0.2) is 33.8 Å². The van der Waals surface area contributed by atoms with Crippen LogP contribution in [-0.2, 0) is 9.59 Å². The average molecular weight is 221 g/mol. The van der Waals surface area contributed by atoms with Crippen molar-refractivity contribution in [1.29, 1.82) is 0 Å². The third-order valence-electron chi connectivity index (χ3n) is 1.38. The van der Waals surface area contributed by atoms with Gasteiger partial charge in [-0.25, -0.2) is 9.59 Å². The van der Waals surface area contributed by atoms with Crippen LogP contribution < -0.4 is 0 Å². The number of hydrogen-bond donors (Lipinski definition) is 2. The van der Waals surface area contributed by atoms with Crippen molar-refractivity contribution in [1.82, 2.24) is 0 Å². The molecule has 2 unspecified atom stereocenters. The maximum atomic E-state index is 9.76. The summed E-state index contributed by atoms with van der Waals surface area (Å²) in [4.78, 5) is 25.4. The SMILES string of the molecule is O=C=NC(O)CCCC(O)(Cl)N=C=O. The zero-order chi connectivity index (χ0) is 11.0. The molecule has 0 aromatic rings. The van der Waals surface area contributed by atoms with E-state index in [1.165, 1.54) is 6.08 Å². The van der Waals surface area contributed by atoms with Gasteiger partial charge in [-0.1, -0.05) is 11.6 Å². The van der Waals surface area contributed by atoms with E-state index in [1.807, 2.05) is 0 Å². The molecule has 0 heterocycles. The Labute approximate surface area is 84.9 Å². The molecule has 0 amide bonds. The van der Waals surface area contributed by atoms with Crippen molar-refractivity contribution < 1.29 is 19.8 Å². The molecule has 0 radical (unpaired) electrons. The number of isocyanates is 2. The highest BCUT2D eigenvalue weighted by Crippen LogP contribution is 2.20. The Hall–Kier alpha value is -1.03. The number of rotatable bonds is 6. The van der Waals surface area contributed by atoms with Gasteiger partial charge in [0.1, 0.15) is 0 Å². The molecule has 0 aromatic carbocycles. The topological polar surface area (TPSA) is 99.3 Å². The summed E-state index contributed by atoms with van der Waals surface area (Å²) in [5.74, 6) is 0. The zero-order valence-electron chi connectivity index (χ0n) is 7.18. The highest BCUT2D eigenvalue weighted by Gasteiger charge is 2.21. The molecule has 0 spiro atoms. The van der Waals surface area contributed by atoms with E-state index in [1.54, 1.807) is 0 Å². The number of aliphatic hydroxyl groups excluding tert-OH is 1. The Morgan fingerprint density at radius 3 is 2.57 bits per heavy atom. The number of aliphatic hydroxyl groups is 2. The minimum absolute atomic E-state index is 0.0464. The van der Waals surface area contributed by atoms with Crippen LogP contribution in [0.4, 0.5) is 0 Å². The van der Waals surface area contributed by atoms with Crippen molar-refractivity contribution in [2.24, 2.45) is 9.98 Å². The van der Waals surface area contributed by atoms with E-state index in [-0.39, 0.29) is 19.3 Å². The fraction of sp³-hybridized carbons (Fsp3) is 0.714. The number of nitrogens with zero attached hydrogens (tertiary/aromatic N) is 2. The lowest BCUT2D eigenvalue weighted by Crippen LogP contribution is -2.17. The lowest BCUT2D eigenvalue weighted by atomic mass is 10.2. The van der Waals surface area contributed by atoms with Crippen LogP contribution in [0.2, 0.25) is 0 Å². The van der Waals surface area contributed by atoms with Gasteiger partial charge in [0.15, 0.2) is 6.23 Å². The van der Waals surface area contributed by atoms with Crippen molar-refractivity contribution >= 4 is 23.8 Å². The maximum Gasteiger partial charge on any atom is 0.245 e. The molecular weight excluding hydrogens is 212 g/mol. The summed E-state index contributed by atoms with van der Waals surface area (Å²) in [6.45, 7) is 0. The number of alkyl halides is 1. The van der Waals surface area contributed by atoms with Crippen molar-refractivity contribution in [3.63, 3.8) is 0 Å². The maximum absolute atomic E-state index is 9.76. The van der Waals surface area contributed by atoms with Crippen molar-refractivity contribution in [3.8, 4) is 0 Å². The van der Waals surface area contributed by atoms with Crippen LogP contribution >= 0.6 is 11.6 Å². The molecule has 0 aromatic heterocycles. The predicted octanol–water partition coefficient (Wildman–Crippen LogP) is 0.0316. The zero-order valence-corrected chi connectivity index (χ0v) is 7.94. The van der Waals surface area contributed by atoms with Crippen molar-refractivity contribution in [2.75, 3.05) is 0 Å². The van der Waals surface area contributed by atoms with Crippen LogP contribution in [0.5, 0.6) is 0 Å². The molecule has 2 atom stereocenters. The predicted molar refractivity (Wildman–Crippen MR) is 46.9 cm³/mol. The van der Waals surface area contributed by atoms with E-state index >= 15 is 0 Å². The second kappa shape index (κ2) is 6.43. The standard InChI is InChI=1S/C7H9ClN2O4/c8-7(14,10-5-12)3-1-2-6(13)9-4-11/h6,13-14H,1-3H2. The van der Waals surface area contributed by atoms with Gasteiger partial charge in [-0.2, -0.15) is 9.98 Å². The second-order valence-electron chi connectivity index (χ2n) is 2.52. The van der Waals surface area contributed by atoms with Crippen LogP contribution in [0, 0.1) is 0 Å². The molecule has 7 heteroatoms. The Morgan fingerprint density at radius 2 is 2.07 bits per heavy atom. The van der Waals surface area contributed by atoms with E-state index < -0.39 is 11.4 Å². The van der Waals surface area contributed by atoms with Crippen LogP contribution in [0.25, 0.3) is 0 Å². The monoisotopic (exact) mass is 220 g/mol.